The van der Waals surface area contributed by atoms with Crippen molar-refractivity contribution in [3.8, 4) is 0 Å². The fourth-order valence-corrected chi connectivity index (χ4v) is 2.85. The van der Waals surface area contributed by atoms with E-state index in [2.05, 4.69) is 31.2 Å². The van der Waals surface area contributed by atoms with Crippen LogP contribution in [-0.4, -0.2) is 6.29 Å². The molecule has 17 heavy (non-hydrogen) atoms. The van der Waals surface area contributed by atoms with Crippen LogP contribution in [0.3, 0.4) is 0 Å². The number of aryl methyl sites for hydroxylation is 2. The molecule has 0 aliphatic heterocycles. The first kappa shape index (κ1) is 12.3. The van der Waals surface area contributed by atoms with Gasteiger partial charge in [0, 0.05) is 5.92 Å². The summed E-state index contributed by atoms with van der Waals surface area (Å²) in [7, 11) is 0. The summed E-state index contributed by atoms with van der Waals surface area (Å²) in [5.74, 6) is 1.19. The molecule has 1 nitrogen and oxygen atoms in total. The smallest absolute Gasteiger partial charge is 0.123 e. The zero-order chi connectivity index (χ0) is 12.1. The summed E-state index contributed by atoms with van der Waals surface area (Å²) in [6, 6.07) is 8.81. The van der Waals surface area contributed by atoms with Crippen LogP contribution in [0.25, 0.3) is 0 Å². The second kappa shape index (κ2) is 6.00. The van der Waals surface area contributed by atoms with Gasteiger partial charge in [0.05, 0.1) is 0 Å². The summed E-state index contributed by atoms with van der Waals surface area (Å²) in [5.41, 5.74) is 2.81. The van der Waals surface area contributed by atoms with E-state index >= 15 is 0 Å². The topological polar surface area (TPSA) is 17.1 Å². The van der Waals surface area contributed by atoms with Gasteiger partial charge < -0.3 is 4.79 Å². The lowest BCUT2D eigenvalue weighted by molar-refractivity contribution is -0.112. The first-order valence-electron chi connectivity index (χ1n) is 6.79. The summed E-state index contributed by atoms with van der Waals surface area (Å²) < 4.78 is 0. The van der Waals surface area contributed by atoms with Crippen LogP contribution in [0.15, 0.2) is 24.3 Å². The van der Waals surface area contributed by atoms with Gasteiger partial charge in [-0.3, -0.25) is 0 Å². The second-order valence-corrected chi connectivity index (χ2v) is 5.44. The maximum absolute atomic E-state index is 10.7. The summed E-state index contributed by atoms with van der Waals surface area (Å²) in [5, 5.41) is 0. The Balaban J connectivity index is 1.77. The molecule has 0 N–H and O–H groups in total. The monoisotopic (exact) mass is 230 g/mol. The lowest BCUT2D eigenvalue weighted by Crippen LogP contribution is -2.15. The fourth-order valence-electron chi connectivity index (χ4n) is 2.85. The maximum Gasteiger partial charge on any atom is 0.123 e. The summed E-state index contributed by atoms with van der Waals surface area (Å²) in [4.78, 5) is 10.7. The van der Waals surface area contributed by atoms with E-state index in [1.54, 1.807) is 0 Å². The molecule has 0 heterocycles. The molecule has 0 amide bonds. The van der Waals surface area contributed by atoms with Crippen LogP contribution in [0.1, 0.15) is 43.2 Å². The van der Waals surface area contributed by atoms with Gasteiger partial charge in [-0.2, -0.15) is 0 Å². The van der Waals surface area contributed by atoms with E-state index in [-0.39, 0.29) is 0 Å². The maximum atomic E-state index is 10.7. The summed E-state index contributed by atoms with van der Waals surface area (Å²) >= 11 is 0. The molecular formula is C16H22O. The third kappa shape index (κ3) is 3.69. The number of rotatable bonds is 4. The zero-order valence-electron chi connectivity index (χ0n) is 10.7. The third-order valence-corrected chi connectivity index (χ3v) is 4.01. The van der Waals surface area contributed by atoms with Gasteiger partial charge in [-0.1, -0.05) is 29.8 Å². The van der Waals surface area contributed by atoms with Crippen molar-refractivity contribution in [3.63, 3.8) is 0 Å². The van der Waals surface area contributed by atoms with Crippen LogP contribution in [0.4, 0.5) is 0 Å². The van der Waals surface area contributed by atoms with Crippen LogP contribution in [0, 0.1) is 18.8 Å². The minimum Gasteiger partial charge on any atom is -0.303 e. The van der Waals surface area contributed by atoms with Crippen LogP contribution in [-0.2, 0) is 11.2 Å². The number of aldehydes is 1. The Hall–Kier alpha value is -1.11. The van der Waals surface area contributed by atoms with E-state index in [1.807, 2.05) is 0 Å². The molecule has 92 valence electrons. The first-order chi connectivity index (χ1) is 8.28. The molecular weight excluding hydrogens is 208 g/mol. The molecule has 2 rings (SSSR count). The highest BCUT2D eigenvalue weighted by Gasteiger charge is 2.20. The van der Waals surface area contributed by atoms with Gasteiger partial charge in [-0.05, 0) is 56.9 Å². The number of benzene rings is 1. The van der Waals surface area contributed by atoms with Gasteiger partial charge in [0.25, 0.3) is 0 Å². The van der Waals surface area contributed by atoms with Crippen LogP contribution in [0.2, 0.25) is 0 Å². The van der Waals surface area contributed by atoms with Gasteiger partial charge >= 0.3 is 0 Å². The predicted molar refractivity (Wildman–Crippen MR) is 71.0 cm³/mol. The Bertz CT molecular complexity index is 362. The second-order valence-electron chi connectivity index (χ2n) is 5.44. The molecule has 1 aromatic rings. The summed E-state index contributed by atoms with van der Waals surface area (Å²) in [6.07, 6.45) is 8.35. The molecule has 0 unspecified atom stereocenters. The number of hydrogen-bond donors (Lipinski definition) is 0. The van der Waals surface area contributed by atoms with E-state index in [0.717, 1.165) is 25.0 Å². The van der Waals surface area contributed by atoms with Crippen LogP contribution in [0.5, 0.6) is 0 Å². The average molecular weight is 230 g/mol. The largest absolute Gasteiger partial charge is 0.303 e. The number of carbonyl (C=O) groups excluding carboxylic acids is 1. The predicted octanol–water partition coefficient (Wildman–Crippen LogP) is 3.93. The summed E-state index contributed by atoms with van der Waals surface area (Å²) in [6.45, 7) is 2.15. The van der Waals surface area contributed by atoms with Crippen LogP contribution < -0.4 is 0 Å². The van der Waals surface area contributed by atoms with E-state index in [4.69, 9.17) is 0 Å². The van der Waals surface area contributed by atoms with E-state index in [1.165, 1.54) is 36.8 Å². The highest BCUT2D eigenvalue weighted by atomic mass is 16.1. The molecule has 0 atom stereocenters. The lowest BCUT2D eigenvalue weighted by Gasteiger charge is -2.25. The van der Waals surface area contributed by atoms with Crippen molar-refractivity contribution >= 4 is 6.29 Å². The molecule has 1 aliphatic carbocycles. The SMILES string of the molecule is Cc1cccc(CCC2CCC(C=O)CC2)c1. The molecule has 0 spiro atoms. The van der Waals surface area contributed by atoms with Gasteiger partial charge in [0.2, 0.25) is 0 Å². The number of carbonyl (C=O) groups is 1. The standard InChI is InChI=1S/C16H22O/c1-13-3-2-4-15(11-13)8-5-14-6-9-16(12-17)10-7-14/h2-4,11-12,14,16H,5-10H2,1H3. The van der Waals surface area contributed by atoms with Gasteiger partial charge in [-0.15, -0.1) is 0 Å². The van der Waals surface area contributed by atoms with Crippen molar-refractivity contribution in [1.29, 1.82) is 0 Å². The molecule has 1 saturated carbocycles. The molecule has 1 fully saturated rings. The van der Waals surface area contributed by atoms with Crippen molar-refractivity contribution in [2.75, 3.05) is 0 Å². The van der Waals surface area contributed by atoms with Gasteiger partial charge in [0.15, 0.2) is 0 Å². The van der Waals surface area contributed by atoms with E-state index < -0.39 is 0 Å². The Kier molecular flexibility index (Phi) is 4.36. The van der Waals surface area contributed by atoms with Crippen molar-refractivity contribution < 1.29 is 4.79 Å². The molecule has 1 aromatic carbocycles. The highest BCUT2D eigenvalue weighted by molar-refractivity contribution is 5.53. The minimum atomic E-state index is 0.352. The first-order valence-corrected chi connectivity index (χ1v) is 6.79. The quantitative estimate of drug-likeness (QED) is 0.716. The molecule has 0 aromatic heterocycles. The normalized spacial score (nSPS) is 24.5. The average Bonchev–Trinajstić information content (AvgIpc) is 2.37. The Labute approximate surface area is 104 Å². The lowest BCUT2D eigenvalue weighted by atomic mass is 9.80. The fraction of sp³-hybridized carbons (Fsp3) is 0.562. The van der Waals surface area contributed by atoms with E-state index in [9.17, 15) is 4.79 Å². The Morgan fingerprint density at radius 1 is 1.24 bits per heavy atom. The molecule has 0 radical (unpaired) electrons. The van der Waals surface area contributed by atoms with E-state index in [0.29, 0.717) is 5.92 Å². The van der Waals surface area contributed by atoms with Gasteiger partial charge in [0.1, 0.15) is 6.29 Å². The molecule has 1 heteroatoms. The Morgan fingerprint density at radius 2 is 2.00 bits per heavy atom. The third-order valence-electron chi connectivity index (χ3n) is 4.01. The van der Waals surface area contributed by atoms with Crippen molar-refractivity contribution in [2.24, 2.45) is 11.8 Å². The Morgan fingerprint density at radius 3 is 2.65 bits per heavy atom. The van der Waals surface area contributed by atoms with Crippen molar-refractivity contribution in [2.45, 2.75) is 45.4 Å². The highest BCUT2D eigenvalue weighted by Crippen LogP contribution is 2.30. The molecule has 0 bridgehead atoms. The van der Waals surface area contributed by atoms with Crippen molar-refractivity contribution in [3.05, 3.63) is 35.4 Å². The zero-order valence-corrected chi connectivity index (χ0v) is 10.7. The molecule has 0 saturated heterocycles. The minimum absolute atomic E-state index is 0.352. The van der Waals surface area contributed by atoms with Gasteiger partial charge in [-0.25, -0.2) is 0 Å². The number of hydrogen-bond acceptors (Lipinski definition) is 1. The van der Waals surface area contributed by atoms with Crippen molar-refractivity contribution in [1.82, 2.24) is 0 Å². The molecule has 1 aliphatic rings. The van der Waals surface area contributed by atoms with Crippen LogP contribution >= 0.6 is 0 Å².